The highest BCUT2D eigenvalue weighted by Gasteiger charge is 2.33. The van der Waals surface area contributed by atoms with Crippen molar-refractivity contribution < 1.29 is 9.53 Å². The monoisotopic (exact) mass is 378 g/mol. The predicted molar refractivity (Wildman–Crippen MR) is 100 cm³/mol. The molecule has 3 aromatic rings. The average Bonchev–Trinajstić information content (AvgIpc) is 3.29. The molecule has 2 aliphatic heterocycles. The SMILES string of the molecule is O=C1CNc2ncc(-c3ccc(-c4ncn[nH]4)nc3)nc2N1C1CCOCC1. The lowest BCUT2D eigenvalue weighted by atomic mass is 10.1. The minimum Gasteiger partial charge on any atom is -0.381 e. The van der Waals surface area contributed by atoms with Crippen LogP contribution in [0.2, 0.25) is 0 Å². The Bertz CT molecular complexity index is 983. The molecule has 1 fully saturated rings. The van der Waals surface area contributed by atoms with Crippen LogP contribution in [0.25, 0.3) is 22.8 Å². The Hall–Kier alpha value is -3.40. The molecule has 2 aliphatic rings. The van der Waals surface area contributed by atoms with Crippen LogP contribution in [-0.4, -0.2) is 61.8 Å². The molecule has 0 radical (unpaired) electrons. The second-order valence-corrected chi connectivity index (χ2v) is 6.65. The number of hydrogen-bond acceptors (Lipinski definition) is 8. The number of carbonyl (C=O) groups is 1. The van der Waals surface area contributed by atoms with Crippen LogP contribution in [0.3, 0.4) is 0 Å². The molecule has 0 spiro atoms. The summed E-state index contributed by atoms with van der Waals surface area (Å²) in [5.41, 5.74) is 2.15. The van der Waals surface area contributed by atoms with Gasteiger partial charge in [0.1, 0.15) is 12.0 Å². The maximum Gasteiger partial charge on any atom is 0.247 e. The summed E-state index contributed by atoms with van der Waals surface area (Å²) in [6.07, 6.45) is 6.43. The van der Waals surface area contributed by atoms with Crippen molar-refractivity contribution in [1.29, 1.82) is 0 Å². The lowest BCUT2D eigenvalue weighted by molar-refractivity contribution is -0.118. The van der Waals surface area contributed by atoms with Gasteiger partial charge in [-0.05, 0) is 25.0 Å². The van der Waals surface area contributed by atoms with E-state index in [1.165, 1.54) is 6.33 Å². The number of fused-ring (bicyclic) bond motifs is 1. The van der Waals surface area contributed by atoms with Crippen LogP contribution in [-0.2, 0) is 9.53 Å². The Kier molecular flexibility index (Phi) is 4.17. The highest BCUT2D eigenvalue weighted by Crippen LogP contribution is 2.32. The van der Waals surface area contributed by atoms with E-state index in [1.807, 2.05) is 12.1 Å². The summed E-state index contributed by atoms with van der Waals surface area (Å²) in [5, 5.41) is 9.68. The largest absolute Gasteiger partial charge is 0.381 e. The van der Waals surface area contributed by atoms with E-state index in [4.69, 9.17) is 9.72 Å². The maximum absolute atomic E-state index is 12.6. The Morgan fingerprint density at radius 2 is 1.96 bits per heavy atom. The molecule has 5 rings (SSSR count). The molecule has 10 nitrogen and oxygen atoms in total. The number of ether oxygens (including phenoxy) is 1. The molecule has 0 saturated carbocycles. The Morgan fingerprint density at radius 1 is 1.07 bits per heavy atom. The molecule has 5 heterocycles. The van der Waals surface area contributed by atoms with Gasteiger partial charge in [-0.25, -0.2) is 15.0 Å². The van der Waals surface area contributed by atoms with Gasteiger partial charge in [0.15, 0.2) is 17.5 Å². The zero-order valence-corrected chi connectivity index (χ0v) is 15.0. The Labute approximate surface area is 160 Å². The molecule has 0 aromatic carbocycles. The van der Waals surface area contributed by atoms with Gasteiger partial charge >= 0.3 is 0 Å². The van der Waals surface area contributed by atoms with Crippen molar-refractivity contribution in [3.8, 4) is 22.8 Å². The molecule has 0 atom stereocenters. The number of carbonyl (C=O) groups excluding carboxylic acids is 1. The van der Waals surface area contributed by atoms with Gasteiger partial charge in [0.25, 0.3) is 0 Å². The fraction of sp³-hybridized carbons (Fsp3) is 0.333. The molecule has 0 unspecified atom stereocenters. The molecule has 10 heteroatoms. The fourth-order valence-electron chi connectivity index (χ4n) is 3.51. The van der Waals surface area contributed by atoms with E-state index in [0.717, 1.165) is 18.4 Å². The number of aromatic amines is 1. The van der Waals surface area contributed by atoms with Gasteiger partial charge in [-0.3, -0.25) is 19.8 Å². The van der Waals surface area contributed by atoms with Crippen molar-refractivity contribution in [1.82, 2.24) is 30.1 Å². The molecule has 28 heavy (non-hydrogen) atoms. The topological polar surface area (TPSA) is 122 Å². The number of nitrogens with one attached hydrogen (secondary N) is 2. The van der Waals surface area contributed by atoms with Crippen LogP contribution in [0.1, 0.15) is 12.8 Å². The van der Waals surface area contributed by atoms with Gasteiger partial charge < -0.3 is 10.1 Å². The average molecular weight is 378 g/mol. The molecule has 1 saturated heterocycles. The minimum atomic E-state index is 0.00430. The van der Waals surface area contributed by atoms with E-state index < -0.39 is 0 Å². The van der Waals surface area contributed by atoms with E-state index in [2.05, 4.69) is 30.5 Å². The molecule has 2 N–H and O–H groups in total. The smallest absolute Gasteiger partial charge is 0.247 e. The number of aromatic nitrogens is 6. The molecule has 1 amide bonds. The van der Waals surface area contributed by atoms with Crippen LogP contribution in [0.15, 0.2) is 30.9 Å². The first-order chi connectivity index (χ1) is 13.8. The van der Waals surface area contributed by atoms with Crippen LogP contribution in [0.5, 0.6) is 0 Å². The highest BCUT2D eigenvalue weighted by atomic mass is 16.5. The van der Waals surface area contributed by atoms with Crippen LogP contribution in [0.4, 0.5) is 11.6 Å². The number of anilines is 2. The third-order valence-corrected chi connectivity index (χ3v) is 4.93. The van der Waals surface area contributed by atoms with E-state index in [-0.39, 0.29) is 18.5 Å². The first-order valence-corrected chi connectivity index (χ1v) is 9.12. The third-order valence-electron chi connectivity index (χ3n) is 4.93. The number of H-pyrrole nitrogens is 1. The molecule has 142 valence electrons. The van der Waals surface area contributed by atoms with Gasteiger partial charge in [-0.15, -0.1) is 0 Å². The number of hydrogen-bond donors (Lipinski definition) is 2. The number of pyridine rings is 1. The van der Waals surface area contributed by atoms with Gasteiger partial charge in [-0.1, -0.05) is 0 Å². The van der Waals surface area contributed by atoms with Gasteiger partial charge in [0.05, 0.1) is 18.4 Å². The number of rotatable bonds is 3. The Balaban J connectivity index is 1.49. The van der Waals surface area contributed by atoms with Crippen LogP contribution < -0.4 is 10.2 Å². The van der Waals surface area contributed by atoms with E-state index in [0.29, 0.717) is 42.1 Å². The van der Waals surface area contributed by atoms with Crippen molar-refractivity contribution >= 4 is 17.5 Å². The van der Waals surface area contributed by atoms with Crippen LogP contribution >= 0.6 is 0 Å². The fourth-order valence-corrected chi connectivity index (χ4v) is 3.51. The Morgan fingerprint density at radius 3 is 2.71 bits per heavy atom. The second-order valence-electron chi connectivity index (χ2n) is 6.65. The maximum atomic E-state index is 12.6. The van der Waals surface area contributed by atoms with Crippen molar-refractivity contribution in [2.75, 3.05) is 30.0 Å². The molecule has 0 bridgehead atoms. The first-order valence-electron chi connectivity index (χ1n) is 9.12. The van der Waals surface area contributed by atoms with Crippen molar-refractivity contribution in [2.24, 2.45) is 0 Å². The summed E-state index contributed by atoms with van der Waals surface area (Å²) in [6, 6.07) is 3.83. The summed E-state index contributed by atoms with van der Waals surface area (Å²) >= 11 is 0. The third kappa shape index (κ3) is 2.97. The normalized spacial score (nSPS) is 17.3. The summed E-state index contributed by atoms with van der Waals surface area (Å²) in [4.78, 5) is 32.1. The molecule has 3 aromatic heterocycles. The summed E-state index contributed by atoms with van der Waals surface area (Å²) in [7, 11) is 0. The number of nitrogens with zero attached hydrogens (tertiary/aromatic N) is 6. The van der Waals surface area contributed by atoms with Crippen molar-refractivity contribution in [3.05, 3.63) is 30.9 Å². The standard InChI is InChI=1S/C18H18N8O2/c27-15-9-21-17-18(26(15)12-3-5-28-6-4-12)24-14(8-20-17)11-1-2-13(19-7-11)16-22-10-23-25-16/h1-2,7-8,10,12H,3-6,9H2,(H,20,21)(H,22,23,25). The molecular formula is C18H18N8O2. The zero-order chi connectivity index (χ0) is 18.9. The first kappa shape index (κ1) is 16.8. The lowest BCUT2D eigenvalue weighted by Gasteiger charge is -2.36. The quantitative estimate of drug-likeness (QED) is 0.698. The zero-order valence-electron chi connectivity index (χ0n) is 15.0. The summed E-state index contributed by atoms with van der Waals surface area (Å²) in [6.45, 7) is 1.53. The van der Waals surface area contributed by atoms with E-state index >= 15 is 0 Å². The lowest BCUT2D eigenvalue weighted by Crippen LogP contribution is -2.49. The van der Waals surface area contributed by atoms with Crippen molar-refractivity contribution in [2.45, 2.75) is 18.9 Å². The van der Waals surface area contributed by atoms with Gasteiger partial charge in [0, 0.05) is 31.0 Å². The van der Waals surface area contributed by atoms with E-state index in [9.17, 15) is 4.79 Å². The molecule has 0 aliphatic carbocycles. The predicted octanol–water partition coefficient (Wildman–Crippen LogP) is 1.26. The van der Waals surface area contributed by atoms with Crippen molar-refractivity contribution in [3.63, 3.8) is 0 Å². The highest BCUT2D eigenvalue weighted by molar-refractivity contribution is 6.01. The second kappa shape index (κ2) is 6.97. The van der Waals surface area contributed by atoms with Gasteiger partial charge in [-0.2, -0.15) is 5.10 Å². The summed E-state index contributed by atoms with van der Waals surface area (Å²) < 4.78 is 5.44. The van der Waals surface area contributed by atoms with E-state index in [1.54, 1.807) is 17.3 Å². The molecular weight excluding hydrogens is 360 g/mol. The minimum absolute atomic E-state index is 0.00430. The summed E-state index contributed by atoms with van der Waals surface area (Å²) in [5.74, 6) is 1.80. The number of amides is 1. The van der Waals surface area contributed by atoms with Gasteiger partial charge in [0.2, 0.25) is 5.91 Å². The van der Waals surface area contributed by atoms with Crippen LogP contribution in [0, 0.1) is 0 Å².